The summed E-state index contributed by atoms with van der Waals surface area (Å²) in [6, 6.07) is 4.93. The van der Waals surface area contributed by atoms with Gasteiger partial charge >= 0.3 is 0 Å². The van der Waals surface area contributed by atoms with Crippen molar-refractivity contribution in [1.82, 2.24) is 9.78 Å². The summed E-state index contributed by atoms with van der Waals surface area (Å²) in [6.07, 6.45) is 1.94. The van der Waals surface area contributed by atoms with E-state index in [1.807, 2.05) is 0 Å². The molecule has 8 nitrogen and oxygen atoms in total. The molecule has 1 fully saturated rings. The molecule has 2 aliphatic rings. The Bertz CT molecular complexity index is 1020. The number of nitrogens with zero attached hydrogens (tertiary/aromatic N) is 2. The molecule has 0 aliphatic carbocycles. The topological polar surface area (TPSA) is 103 Å². The maximum absolute atomic E-state index is 12.6. The number of hydrogen-bond donors (Lipinski definition) is 1. The Labute approximate surface area is 144 Å². The Hall–Kier alpha value is -2.55. The van der Waals surface area contributed by atoms with Gasteiger partial charge in [0.1, 0.15) is 0 Å². The van der Waals surface area contributed by atoms with Crippen molar-refractivity contribution in [2.75, 3.05) is 18.3 Å². The summed E-state index contributed by atoms with van der Waals surface area (Å²) in [5.41, 5.74) is 1.45. The minimum Gasteiger partial charge on any atom is -0.454 e. The molecule has 1 aromatic heterocycles. The molecule has 25 heavy (non-hydrogen) atoms. The van der Waals surface area contributed by atoms with Crippen LogP contribution in [0.5, 0.6) is 11.5 Å². The molecular formula is C16H17N3O5S. The van der Waals surface area contributed by atoms with Crippen molar-refractivity contribution in [1.29, 1.82) is 0 Å². The molecule has 2 aromatic rings. The van der Waals surface area contributed by atoms with Crippen LogP contribution >= 0.6 is 0 Å². The summed E-state index contributed by atoms with van der Waals surface area (Å²) in [5, 5.41) is 2.97. The molecule has 1 unspecified atom stereocenters. The molecule has 132 valence electrons. The second-order valence-electron chi connectivity index (χ2n) is 6.18. The van der Waals surface area contributed by atoms with Crippen molar-refractivity contribution in [2.24, 2.45) is 4.99 Å². The van der Waals surface area contributed by atoms with E-state index in [0.29, 0.717) is 34.9 Å². The van der Waals surface area contributed by atoms with Gasteiger partial charge in [-0.15, -0.1) is 0 Å². The quantitative estimate of drug-likeness (QED) is 0.829. The van der Waals surface area contributed by atoms with Crippen LogP contribution < -0.4 is 15.0 Å². The Morgan fingerprint density at radius 1 is 1.32 bits per heavy atom. The van der Waals surface area contributed by atoms with Crippen LogP contribution in [0.1, 0.15) is 23.7 Å². The molecule has 3 heterocycles. The smallest absolute Gasteiger partial charge is 0.275 e. The number of benzene rings is 1. The van der Waals surface area contributed by atoms with E-state index >= 15 is 0 Å². The van der Waals surface area contributed by atoms with Crippen molar-refractivity contribution >= 4 is 21.7 Å². The molecule has 0 saturated carbocycles. The molecule has 4 rings (SSSR count). The summed E-state index contributed by atoms with van der Waals surface area (Å²) in [5.74, 6) is 1.39. The van der Waals surface area contributed by atoms with Crippen LogP contribution in [0.2, 0.25) is 0 Å². The lowest BCUT2D eigenvalue weighted by Crippen LogP contribution is -2.25. The third-order valence-corrected chi connectivity index (χ3v) is 6.16. The summed E-state index contributed by atoms with van der Waals surface area (Å²) < 4.78 is 35.2. The van der Waals surface area contributed by atoms with Gasteiger partial charge in [-0.2, -0.15) is 0 Å². The lowest BCUT2D eigenvalue weighted by atomic mass is 10.2. The third-order valence-electron chi connectivity index (χ3n) is 4.41. The first-order valence-corrected chi connectivity index (χ1v) is 9.70. The van der Waals surface area contributed by atoms with Crippen LogP contribution in [0.3, 0.4) is 0 Å². The number of hydrogen-bond acceptors (Lipinski definition) is 6. The van der Waals surface area contributed by atoms with Crippen LogP contribution in [-0.2, 0) is 9.84 Å². The number of aromatic nitrogens is 2. The molecule has 0 spiro atoms. The normalized spacial score (nSPS) is 21.2. The SMILES string of the molecule is Cc1[nH]n(C2CCS(=O)(=O)C2)c(=O)c1C=Nc1ccc2c(c1)OCO2. The van der Waals surface area contributed by atoms with E-state index in [1.54, 1.807) is 25.1 Å². The lowest BCUT2D eigenvalue weighted by molar-refractivity contribution is 0.174. The van der Waals surface area contributed by atoms with Gasteiger partial charge in [0, 0.05) is 18.0 Å². The van der Waals surface area contributed by atoms with Gasteiger partial charge in [0.15, 0.2) is 21.3 Å². The van der Waals surface area contributed by atoms with Crippen molar-refractivity contribution in [2.45, 2.75) is 19.4 Å². The molecule has 0 amide bonds. The first-order chi connectivity index (χ1) is 11.9. The average Bonchev–Trinajstić information content (AvgIpc) is 3.24. The summed E-state index contributed by atoms with van der Waals surface area (Å²) >= 11 is 0. The Morgan fingerprint density at radius 2 is 2.12 bits per heavy atom. The van der Waals surface area contributed by atoms with E-state index in [2.05, 4.69) is 10.1 Å². The predicted octanol–water partition coefficient (Wildman–Crippen LogP) is 1.32. The summed E-state index contributed by atoms with van der Waals surface area (Å²) in [4.78, 5) is 16.9. The molecule has 1 saturated heterocycles. The second-order valence-corrected chi connectivity index (χ2v) is 8.41. The van der Waals surface area contributed by atoms with Gasteiger partial charge in [-0.25, -0.2) is 13.1 Å². The van der Waals surface area contributed by atoms with Crippen molar-refractivity contribution < 1.29 is 17.9 Å². The Balaban J connectivity index is 1.62. The summed E-state index contributed by atoms with van der Waals surface area (Å²) in [6.45, 7) is 1.96. The van der Waals surface area contributed by atoms with Crippen molar-refractivity contribution in [3.05, 3.63) is 39.8 Å². The molecule has 1 aromatic carbocycles. The number of ether oxygens (including phenoxy) is 2. The highest BCUT2D eigenvalue weighted by Crippen LogP contribution is 2.35. The minimum absolute atomic E-state index is 0.00833. The first-order valence-electron chi connectivity index (χ1n) is 7.88. The van der Waals surface area contributed by atoms with E-state index in [1.165, 1.54) is 10.9 Å². The van der Waals surface area contributed by atoms with E-state index in [9.17, 15) is 13.2 Å². The number of aryl methyl sites for hydroxylation is 1. The van der Waals surface area contributed by atoms with Gasteiger partial charge in [0.25, 0.3) is 5.56 Å². The second kappa shape index (κ2) is 5.76. The largest absolute Gasteiger partial charge is 0.454 e. The maximum atomic E-state index is 12.6. The van der Waals surface area contributed by atoms with Gasteiger partial charge in [0.05, 0.1) is 28.8 Å². The van der Waals surface area contributed by atoms with Crippen molar-refractivity contribution in [3.63, 3.8) is 0 Å². The fourth-order valence-corrected chi connectivity index (χ4v) is 4.77. The Kier molecular flexibility index (Phi) is 3.68. The van der Waals surface area contributed by atoms with Crippen LogP contribution in [0, 0.1) is 6.92 Å². The zero-order valence-electron chi connectivity index (χ0n) is 13.6. The number of H-pyrrole nitrogens is 1. The number of fused-ring (bicyclic) bond motifs is 1. The number of aromatic amines is 1. The zero-order chi connectivity index (χ0) is 17.6. The van der Waals surface area contributed by atoms with E-state index in [-0.39, 0.29) is 29.9 Å². The highest BCUT2D eigenvalue weighted by Gasteiger charge is 2.31. The van der Waals surface area contributed by atoms with Crippen LogP contribution in [0.25, 0.3) is 0 Å². The van der Waals surface area contributed by atoms with Crippen LogP contribution in [0.15, 0.2) is 28.0 Å². The van der Waals surface area contributed by atoms with E-state index in [0.717, 1.165) is 0 Å². The lowest BCUT2D eigenvalue weighted by Gasteiger charge is -2.07. The fourth-order valence-electron chi connectivity index (χ4n) is 3.07. The molecule has 1 N–H and O–H groups in total. The van der Waals surface area contributed by atoms with E-state index in [4.69, 9.17) is 9.47 Å². The van der Waals surface area contributed by atoms with Crippen LogP contribution in [-0.4, -0.2) is 42.7 Å². The molecule has 9 heteroatoms. The summed E-state index contributed by atoms with van der Waals surface area (Å²) in [7, 11) is -3.06. The number of nitrogens with one attached hydrogen (secondary N) is 1. The fraction of sp³-hybridized carbons (Fsp3) is 0.375. The standard InChI is InChI=1S/C16H17N3O5S/c1-10-13(7-17-11-2-3-14-15(6-11)24-9-23-14)16(20)19(18-10)12-4-5-25(21,22)8-12/h2-3,6-7,12,18H,4-5,8-9H2,1H3. The number of rotatable bonds is 3. The molecule has 2 aliphatic heterocycles. The third kappa shape index (κ3) is 2.95. The monoisotopic (exact) mass is 363 g/mol. The molecule has 0 bridgehead atoms. The maximum Gasteiger partial charge on any atom is 0.275 e. The highest BCUT2D eigenvalue weighted by atomic mass is 32.2. The van der Waals surface area contributed by atoms with Gasteiger partial charge in [0.2, 0.25) is 6.79 Å². The molecule has 0 radical (unpaired) electrons. The first kappa shape index (κ1) is 15.9. The van der Waals surface area contributed by atoms with Gasteiger partial charge < -0.3 is 9.47 Å². The number of aliphatic imine (C=N–C) groups is 1. The molecular weight excluding hydrogens is 346 g/mol. The van der Waals surface area contributed by atoms with E-state index < -0.39 is 9.84 Å². The van der Waals surface area contributed by atoms with Gasteiger partial charge in [-0.1, -0.05) is 0 Å². The van der Waals surface area contributed by atoms with Gasteiger partial charge in [-0.3, -0.25) is 14.9 Å². The Morgan fingerprint density at radius 3 is 2.88 bits per heavy atom. The average molecular weight is 363 g/mol. The number of sulfone groups is 1. The predicted molar refractivity (Wildman–Crippen MR) is 91.9 cm³/mol. The van der Waals surface area contributed by atoms with Crippen molar-refractivity contribution in [3.8, 4) is 11.5 Å². The van der Waals surface area contributed by atoms with Crippen LogP contribution in [0.4, 0.5) is 5.69 Å². The minimum atomic E-state index is -3.06. The zero-order valence-corrected chi connectivity index (χ0v) is 14.4. The molecule has 1 atom stereocenters. The highest BCUT2D eigenvalue weighted by molar-refractivity contribution is 7.91. The van der Waals surface area contributed by atoms with Gasteiger partial charge in [-0.05, 0) is 25.5 Å².